The molecule has 1 heterocycles. The van der Waals surface area contributed by atoms with E-state index in [2.05, 4.69) is 15.6 Å². The SMILES string of the molecule is CC[C@H](C)[C@H](NC(=O)c1ccc(Cl)cc1)C(=O)Nc1ccc(C)cn1. The van der Waals surface area contributed by atoms with Crippen LogP contribution in [-0.2, 0) is 4.79 Å². The van der Waals surface area contributed by atoms with E-state index in [1.165, 1.54) is 0 Å². The van der Waals surface area contributed by atoms with Gasteiger partial charge in [0.05, 0.1) is 0 Å². The molecule has 0 radical (unpaired) electrons. The van der Waals surface area contributed by atoms with Crippen molar-refractivity contribution in [2.45, 2.75) is 33.2 Å². The fourth-order valence-electron chi connectivity index (χ4n) is 2.27. The van der Waals surface area contributed by atoms with Gasteiger partial charge in [0, 0.05) is 16.8 Å². The average molecular weight is 360 g/mol. The number of halogens is 1. The molecule has 0 aliphatic carbocycles. The predicted molar refractivity (Wildman–Crippen MR) is 99.8 cm³/mol. The normalized spacial score (nSPS) is 13.0. The maximum absolute atomic E-state index is 12.6. The van der Waals surface area contributed by atoms with Crippen LogP contribution in [0.1, 0.15) is 36.2 Å². The molecule has 2 rings (SSSR count). The van der Waals surface area contributed by atoms with Gasteiger partial charge in [-0.05, 0) is 48.7 Å². The lowest BCUT2D eigenvalue weighted by Crippen LogP contribution is -2.47. The van der Waals surface area contributed by atoms with Crippen molar-refractivity contribution in [2.24, 2.45) is 5.92 Å². The van der Waals surface area contributed by atoms with E-state index in [1.54, 1.807) is 36.5 Å². The van der Waals surface area contributed by atoms with Gasteiger partial charge in [0.25, 0.3) is 5.91 Å². The third-order valence-electron chi connectivity index (χ3n) is 4.05. The van der Waals surface area contributed by atoms with Crippen LogP contribution in [0.4, 0.5) is 5.82 Å². The Balaban J connectivity index is 2.11. The molecule has 132 valence electrons. The Hall–Kier alpha value is -2.40. The van der Waals surface area contributed by atoms with Gasteiger partial charge in [-0.2, -0.15) is 0 Å². The monoisotopic (exact) mass is 359 g/mol. The lowest BCUT2D eigenvalue weighted by molar-refractivity contribution is -0.119. The summed E-state index contributed by atoms with van der Waals surface area (Å²) >= 11 is 5.84. The summed E-state index contributed by atoms with van der Waals surface area (Å²) in [4.78, 5) is 29.2. The highest BCUT2D eigenvalue weighted by Crippen LogP contribution is 2.14. The van der Waals surface area contributed by atoms with Crippen LogP contribution in [0.5, 0.6) is 0 Å². The third kappa shape index (κ3) is 5.29. The molecule has 0 unspecified atom stereocenters. The van der Waals surface area contributed by atoms with Crippen molar-refractivity contribution in [1.29, 1.82) is 0 Å². The number of carbonyl (C=O) groups excluding carboxylic acids is 2. The van der Waals surface area contributed by atoms with Crippen molar-refractivity contribution in [3.63, 3.8) is 0 Å². The summed E-state index contributed by atoms with van der Waals surface area (Å²) in [6.07, 6.45) is 2.43. The summed E-state index contributed by atoms with van der Waals surface area (Å²) in [7, 11) is 0. The highest BCUT2D eigenvalue weighted by Gasteiger charge is 2.26. The number of benzene rings is 1. The first-order chi connectivity index (χ1) is 11.9. The Morgan fingerprint density at radius 1 is 1.16 bits per heavy atom. The van der Waals surface area contributed by atoms with Crippen molar-refractivity contribution >= 4 is 29.2 Å². The minimum absolute atomic E-state index is 0.0262. The number of hydrogen-bond acceptors (Lipinski definition) is 3. The molecule has 2 atom stereocenters. The summed E-state index contributed by atoms with van der Waals surface area (Å²) in [6, 6.07) is 9.50. The number of hydrogen-bond donors (Lipinski definition) is 2. The topological polar surface area (TPSA) is 71.1 Å². The molecule has 5 nitrogen and oxygen atoms in total. The summed E-state index contributed by atoms with van der Waals surface area (Å²) in [5, 5.41) is 6.13. The molecule has 25 heavy (non-hydrogen) atoms. The van der Waals surface area contributed by atoms with Gasteiger partial charge in [0.15, 0.2) is 0 Å². The van der Waals surface area contributed by atoms with Crippen molar-refractivity contribution in [3.05, 3.63) is 58.7 Å². The van der Waals surface area contributed by atoms with Crippen LogP contribution in [0.2, 0.25) is 5.02 Å². The minimum Gasteiger partial charge on any atom is -0.340 e. The predicted octanol–water partition coefficient (Wildman–Crippen LogP) is 3.83. The third-order valence-corrected chi connectivity index (χ3v) is 4.30. The molecule has 2 aromatic rings. The van der Waals surface area contributed by atoms with E-state index < -0.39 is 6.04 Å². The van der Waals surface area contributed by atoms with Crippen LogP contribution in [0.25, 0.3) is 0 Å². The van der Waals surface area contributed by atoms with Crippen molar-refractivity contribution in [1.82, 2.24) is 10.3 Å². The number of amides is 2. The maximum Gasteiger partial charge on any atom is 0.251 e. The van der Waals surface area contributed by atoms with Crippen molar-refractivity contribution in [3.8, 4) is 0 Å². The second-order valence-electron chi connectivity index (χ2n) is 6.05. The van der Waals surface area contributed by atoms with Crippen LogP contribution in [-0.4, -0.2) is 22.8 Å². The van der Waals surface area contributed by atoms with Crippen LogP contribution < -0.4 is 10.6 Å². The number of rotatable bonds is 6. The summed E-state index contributed by atoms with van der Waals surface area (Å²) < 4.78 is 0. The number of aromatic nitrogens is 1. The molecule has 0 saturated heterocycles. The molecule has 0 fully saturated rings. The molecule has 0 aliphatic rings. The van der Waals surface area contributed by atoms with Gasteiger partial charge in [-0.15, -0.1) is 0 Å². The van der Waals surface area contributed by atoms with Gasteiger partial charge in [-0.25, -0.2) is 4.98 Å². The quantitative estimate of drug-likeness (QED) is 0.823. The van der Waals surface area contributed by atoms with Gasteiger partial charge in [-0.1, -0.05) is 37.9 Å². The number of anilines is 1. The molecule has 1 aromatic heterocycles. The molecular formula is C19H22ClN3O2. The molecule has 0 spiro atoms. The Kier molecular flexibility index (Phi) is 6.53. The first-order valence-corrected chi connectivity index (χ1v) is 8.58. The molecular weight excluding hydrogens is 338 g/mol. The molecule has 1 aromatic carbocycles. The summed E-state index contributed by atoms with van der Waals surface area (Å²) in [5.41, 5.74) is 1.46. The van der Waals surface area contributed by atoms with Gasteiger partial charge in [0.2, 0.25) is 5.91 Å². The van der Waals surface area contributed by atoms with Gasteiger partial charge in [-0.3, -0.25) is 9.59 Å². The Morgan fingerprint density at radius 3 is 2.40 bits per heavy atom. The van der Waals surface area contributed by atoms with Crippen LogP contribution in [0.3, 0.4) is 0 Å². The first-order valence-electron chi connectivity index (χ1n) is 8.20. The molecule has 6 heteroatoms. The minimum atomic E-state index is -0.656. The van der Waals surface area contributed by atoms with E-state index in [0.29, 0.717) is 16.4 Å². The number of nitrogens with zero attached hydrogens (tertiary/aromatic N) is 1. The summed E-state index contributed by atoms with van der Waals surface area (Å²) in [5.74, 6) is -0.159. The van der Waals surface area contributed by atoms with Gasteiger partial charge >= 0.3 is 0 Å². The zero-order valence-electron chi connectivity index (χ0n) is 14.5. The van der Waals surface area contributed by atoms with E-state index >= 15 is 0 Å². The molecule has 0 saturated carbocycles. The van der Waals surface area contributed by atoms with E-state index in [4.69, 9.17) is 11.6 Å². The zero-order valence-corrected chi connectivity index (χ0v) is 15.3. The number of nitrogens with one attached hydrogen (secondary N) is 2. The highest BCUT2D eigenvalue weighted by molar-refractivity contribution is 6.30. The lowest BCUT2D eigenvalue weighted by atomic mass is 9.98. The average Bonchev–Trinajstić information content (AvgIpc) is 2.61. The second-order valence-corrected chi connectivity index (χ2v) is 6.49. The molecule has 2 N–H and O–H groups in total. The van der Waals surface area contributed by atoms with Crippen LogP contribution in [0.15, 0.2) is 42.6 Å². The van der Waals surface area contributed by atoms with E-state index in [1.807, 2.05) is 26.8 Å². The molecule has 0 aliphatic heterocycles. The lowest BCUT2D eigenvalue weighted by Gasteiger charge is -2.23. The Labute approximate surface area is 152 Å². The maximum atomic E-state index is 12.6. The number of pyridine rings is 1. The van der Waals surface area contributed by atoms with Crippen molar-refractivity contribution in [2.75, 3.05) is 5.32 Å². The fourth-order valence-corrected chi connectivity index (χ4v) is 2.40. The summed E-state index contributed by atoms with van der Waals surface area (Å²) in [6.45, 7) is 5.82. The van der Waals surface area contributed by atoms with E-state index in [9.17, 15) is 9.59 Å². The standard InChI is InChI=1S/C19H22ClN3O2/c1-4-13(3)17(19(25)22-16-10-5-12(2)11-21-16)23-18(24)14-6-8-15(20)9-7-14/h5-11,13,17H,4H2,1-3H3,(H,23,24)(H,21,22,25)/t13-,17-/m0/s1. The zero-order chi connectivity index (χ0) is 18.4. The van der Waals surface area contributed by atoms with Gasteiger partial charge in [0.1, 0.15) is 11.9 Å². The van der Waals surface area contributed by atoms with E-state index in [0.717, 1.165) is 12.0 Å². The largest absolute Gasteiger partial charge is 0.340 e. The Morgan fingerprint density at radius 2 is 1.84 bits per heavy atom. The fraction of sp³-hybridized carbons (Fsp3) is 0.316. The number of aryl methyl sites for hydroxylation is 1. The van der Waals surface area contributed by atoms with Crippen LogP contribution >= 0.6 is 11.6 Å². The second kappa shape index (κ2) is 8.62. The highest BCUT2D eigenvalue weighted by atomic mass is 35.5. The number of carbonyl (C=O) groups is 2. The van der Waals surface area contributed by atoms with Crippen molar-refractivity contribution < 1.29 is 9.59 Å². The molecule has 0 bridgehead atoms. The smallest absolute Gasteiger partial charge is 0.251 e. The van der Waals surface area contributed by atoms with E-state index in [-0.39, 0.29) is 17.7 Å². The van der Waals surface area contributed by atoms with Gasteiger partial charge < -0.3 is 10.6 Å². The Bertz CT molecular complexity index is 729. The first kappa shape index (κ1) is 18.9. The molecule has 2 amide bonds. The van der Waals surface area contributed by atoms with Crippen LogP contribution in [0, 0.1) is 12.8 Å².